The molecule has 0 radical (unpaired) electrons. The molecule has 21 heavy (non-hydrogen) atoms. The molecule has 0 atom stereocenters. The van der Waals surface area contributed by atoms with Crippen molar-refractivity contribution in [1.82, 2.24) is 9.97 Å². The molecular formula is C15H16ClN3OS. The highest BCUT2D eigenvalue weighted by atomic mass is 35.5. The number of carbonyl (C=O) groups is 1. The van der Waals surface area contributed by atoms with Crippen LogP contribution in [0.25, 0.3) is 0 Å². The predicted octanol–water partition coefficient (Wildman–Crippen LogP) is 3.98. The number of aryl methyl sites for hydroxylation is 2. The third kappa shape index (κ3) is 3.74. The molecule has 0 spiro atoms. The fraction of sp³-hybridized carbons (Fsp3) is 0.267. The quantitative estimate of drug-likeness (QED) is 0.683. The molecule has 0 fully saturated rings. The molecule has 0 aliphatic rings. The largest absolute Gasteiger partial charge is 0.322 e. The van der Waals surface area contributed by atoms with Crippen LogP contribution < -0.4 is 5.32 Å². The predicted molar refractivity (Wildman–Crippen MR) is 87.3 cm³/mol. The second-order valence-corrected chi connectivity index (χ2v) is 5.69. The van der Waals surface area contributed by atoms with Gasteiger partial charge < -0.3 is 5.32 Å². The number of hydrogen-bond acceptors (Lipinski definition) is 4. The van der Waals surface area contributed by atoms with Crippen molar-refractivity contribution in [3.8, 4) is 0 Å². The summed E-state index contributed by atoms with van der Waals surface area (Å²) in [5.74, 6) is -0.204. The van der Waals surface area contributed by atoms with Gasteiger partial charge in [-0.05, 0) is 43.4 Å². The summed E-state index contributed by atoms with van der Waals surface area (Å²) >= 11 is 7.37. The number of amides is 1. The molecule has 1 aromatic carbocycles. The number of anilines is 1. The Morgan fingerprint density at radius 2 is 2.19 bits per heavy atom. The van der Waals surface area contributed by atoms with Gasteiger partial charge in [-0.3, -0.25) is 4.79 Å². The Morgan fingerprint density at radius 3 is 2.81 bits per heavy atom. The molecule has 2 rings (SSSR count). The van der Waals surface area contributed by atoms with E-state index in [0.717, 1.165) is 16.9 Å². The van der Waals surface area contributed by atoms with Crippen LogP contribution >= 0.6 is 23.4 Å². The lowest BCUT2D eigenvalue weighted by Crippen LogP contribution is -2.16. The van der Waals surface area contributed by atoms with Crippen molar-refractivity contribution in [2.75, 3.05) is 11.6 Å². The van der Waals surface area contributed by atoms with Crippen molar-refractivity contribution < 1.29 is 4.79 Å². The van der Waals surface area contributed by atoms with E-state index in [0.29, 0.717) is 22.2 Å². The molecular weight excluding hydrogens is 306 g/mol. The first kappa shape index (κ1) is 15.8. The fourth-order valence-corrected chi connectivity index (χ4v) is 2.50. The summed E-state index contributed by atoms with van der Waals surface area (Å²) in [6, 6.07) is 5.35. The van der Waals surface area contributed by atoms with Crippen LogP contribution in [0.1, 0.15) is 28.5 Å². The third-order valence-electron chi connectivity index (χ3n) is 3.04. The van der Waals surface area contributed by atoms with Gasteiger partial charge >= 0.3 is 0 Å². The number of thioether (sulfide) groups is 1. The van der Waals surface area contributed by atoms with E-state index >= 15 is 0 Å². The highest BCUT2D eigenvalue weighted by Crippen LogP contribution is 2.21. The van der Waals surface area contributed by atoms with Gasteiger partial charge in [0.15, 0.2) is 5.16 Å². The van der Waals surface area contributed by atoms with E-state index in [1.807, 2.05) is 26.2 Å². The SMILES string of the molecule is CCc1nc(SC)ncc1C(=O)Nc1ccc(Cl)cc1C. The van der Waals surface area contributed by atoms with Gasteiger partial charge in [-0.2, -0.15) is 0 Å². The molecule has 1 N–H and O–H groups in total. The first-order valence-corrected chi connectivity index (χ1v) is 8.12. The van der Waals surface area contributed by atoms with E-state index in [1.54, 1.807) is 18.3 Å². The molecule has 4 nitrogen and oxygen atoms in total. The molecule has 0 aliphatic carbocycles. The van der Waals surface area contributed by atoms with Crippen molar-refractivity contribution in [2.45, 2.75) is 25.4 Å². The average Bonchev–Trinajstić information content (AvgIpc) is 2.49. The molecule has 1 amide bonds. The minimum Gasteiger partial charge on any atom is -0.322 e. The fourth-order valence-electron chi connectivity index (χ4n) is 1.91. The summed E-state index contributed by atoms with van der Waals surface area (Å²) in [6.45, 7) is 3.87. The Morgan fingerprint density at radius 1 is 1.43 bits per heavy atom. The zero-order chi connectivity index (χ0) is 15.4. The monoisotopic (exact) mass is 321 g/mol. The number of carbonyl (C=O) groups excluding carboxylic acids is 1. The lowest BCUT2D eigenvalue weighted by atomic mass is 10.1. The Hall–Kier alpha value is -1.59. The third-order valence-corrected chi connectivity index (χ3v) is 3.84. The number of rotatable bonds is 4. The molecule has 6 heteroatoms. The van der Waals surface area contributed by atoms with Crippen LogP contribution in [0.2, 0.25) is 5.02 Å². The maximum atomic E-state index is 12.4. The normalized spacial score (nSPS) is 10.5. The summed E-state index contributed by atoms with van der Waals surface area (Å²) in [6.07, 6.45) is 4.17. The van der Waals surface area contributed by atoms with Crippen molar-refractivity contribution in [2.24, 2.45) is 0 Å². The first-order chi connectivity index (χ1) is 10.0. The maximum absolute atomic E-state index is 12.4. The summed E-state index contributed by atoms with van der Waals surface area (Å²) in [7, 11) is 0. The Kier molecular flexibility index (Phi) is 5.20. The van der Waals surface area contributed by atoms with Crippen molar-refractivity contribution in [1.29, 1.82) is 0 Å². The molecule has 0 saturated carbocycles. The first-order valence-electron chi connectivity index (χ1n) is 6.52. The van der Waals surface area contributed by atoms with Crippen LogP contribution in [-0.2, 0) is 6.42 Å². The van der Waals surface area contributed by atoms with Gasteiger partial charge in [0.1, 0.15) is 0 Å². The standard InChI is InChI=1S/C15H16ClN3OS/c1-4-12-11(8-17-15(19-12)21-3)14(20)18-13-6-5-10(16)7-9(13)2/h5-8H,4H2,1-3H3,(H,18,20). The van der Waals surface area contributed by atoms with Crippen molar-refractivity contribution >= 4 is 35.0 Å². The Labute approximate surface area is 133 Å². The molecule has 0 aliphatic heterocycles. The summed E-state index contributed by atoms with van der Waals surface area (Å²) in [4.78, 5) is 21.0. The summed E-state index contributed by atoms with van der Waals surface area (Å²) in [5.41, 5.74) is 2.90. The number of aromatic nitrogens is 2. The molecule has 0 bridgehead atoms. The molecule has 0 saturated heterocycles. The topological polar surface area (TPSA) is 54.9 Å². The van der Waals surface area contributed by atoms with Gasteiger partial charge in [0.2, 0.25) is 0 Å². The van der Waals surface area contributed by atoms with E-state index in [9.17, 15) is 4.79 Å². The Bertz CT molecular complexity index is 676. The van der Waals surface area contributed by atoms with Gasteiger partial charge in [0.25, 0.3) is 5.91 Å². The van der Waals surface area contributed by atoms with Crippen LogP contribution in [0.5, 0.6) is 0 Å². The number of halogens is 1. The number of nitrogens with one attached hydrogen (secondary N) is 1. The second kappa shape index (κ2) is 6.91. The van der Waals surface area contributed by atoms with Crippen LogP contribution in [0.3, 0.4) is 0 Å². The molecule has 0 unspecified atom stereocenters. The summed E-state index contributed by atoms with van der Waals surface area (Å²) in [5, 5.41) is 4.20. The number of hydrogen-bond donors (Lipinski definition) is 1. The van der Waals surface area contributed by atoms with E-state index in [2.05, 4.69) is 15.3 Å². The van der Waals surface area contributed by atoms with Crippen LogP contribution in [0.4, 0.5) is 5.69 Å². The molecule has 1 aromatic heterocycles. The minimum absolute atomic E-state index is 0.204. The van der Waals surface area contributed by atoms with Crippen molar-refractivity contribution in [3.63, 3.8) is 0 Å². The van der Waals surface area contributed by atoms with Crippen LogP contribution in [-0.4, -0.2) is 22.1 Å². The van der Waals surface area contributed by atoms with Crippen LogP contribution in [0, 0.1) is 6.92 Å². The highest BCUT2D eigenvalue weighted by molar-refractivity contribution is 7.98. The van der Waals surface area contributed by atoms with Gasteiger partial charge in [-0.15, -0.1) is 0 Å². The zero-order valence-corrected chi connectivity index (χ0v) is 13.7. The van der Waals surface area contributed by atoms with Gasteiger partial charge in [0, 0.05) is 16.9 Å². The lowest BCUT2D eigenvalue weighted by molar-refractivity contribution is 0.102. The lowest BCUT2D eigenvalue weighted by Gasteiger charge is -2.11. The van der Waals surface area contributed by atoms with Crippen LogP contribution in [0.15, 0.2) is 29.6 Å². The molecule has 110 valence electrons. The van der Waals surface area contributed by atoms with E-state index in [-0.39, 0.29) is 5.91 Å². The van der Waals surface area contributed by atoms with Gasteiger partial charge in [-0.25, -0.2) is 9.97 Å². The van der Waals surface area contributed by atoms with E-state index < -0.39 is 0 Å². The molecule has 2 aromatic rings. The minimum atomic E-state index is -0.204. The maximum Gasteiger partial charge on any atom is 0.259 e. The smallest absolute Gasteiger partial charge is 0.259 e. The zero-order valence-electron chi connectivity index (χ0n) is 12.1. The van der Waals surface area contributed by atoms with Crippen molar-refractivity contribution in [3.05, 3.63) is 46.2 Å². The van der Waals surface area contributed by atoms with Gasteiger partial charge in [-0.1, -0.05) is 30.3 Å². The van der Waals surface area contributed by atoms with Gasteiger partial charge in [0.05, 0.1) is 11.3 Å². The number of benzene rings is 1. The number of nitrogens with zero attached hydrogens (tertiary/aromatic N) is 2. The highest BCUT2D eigenvalue weighted by Gasteiger charge is 2.14. The summed E-state index contributed by atoms with van der Waals surface area (Å²) < 4.78 is 0. The second-order valence-electron chi connectivity index (χ2n) is 4.48. The van der Waals surface area contributed by atoms with E-state index in [1.165, 1.54) is 11.8 Å². The molecule has 1 heterocycles. The van der Waals surface area contributed by atoms with E-state index in [4.69, 9.17) is 11.6 Å². The average molecular weight is 322 g/mol. The Balaban J connectivity index is 2.28.